The van der Waals surface area contributed by atoms with Crippen molar-refractivity contribution >= 4 is 49.1 Å². The molecule has 0 fully saturated rings. The second-order valence-corrected chi connectivity index (χ2v) is 8.82. The molecule has 0 atom stereocenters. The molecule has 4 aromatic rings. The van der Waals surface area contributed by atoms with Crippen molar-refractivity contribution in [3.05, 3.63) is 53.6 Å². The number of aromatic hydroxyl groups is 1. The summed E-state index contributed by atoms with van der Waals surface area (Å²) >= 11 is 6.15. The lowest BCUT2D eigenvalue weighted by molar-refractivity contribution is 0.396. The molecule has 1 heterocycles. The van der Waals surface area contributed by atoms with Crippen molar-refractivity contribution in [2.45, 2.75) is 4.90 Å². The van der Waals surface area contributed by atoms with E-state index in [-0.39, 0.29) is 27.1 Å². The molecule has 0 radical (unpaired) electrons. The first-order valence-corrected chi connectivity index (χ1v) is 10.8. The number of fused-ring (bicyclic) bond motifs is 3. The van der Waals surface area contributed by atoms with E-state index in [1.165, 1.54) is 32.4 Å². The Morgan fingerprint density at radius 2 is 1.67 bits per heavy atom. The van der Waals surface area contributed by atoms with Crippen molar-refractivity contribution < 1.29 is 23.0 Å². The number of ether oxygens (including phenoxy) is 2. The number of halogens is 1. The van der Waals surface area contributed by atoms with Gasteiger partial charge in [-0.1, -0.05) is 11.6 Å². The lowest BCUT2D eigenvalue weighted by atomic mass is 10.1. The van der Waals surface area contributed by atoms with Gasteiger partial charge in [0.05, 0.1) is 35.3 Å². The van der Waals surface area contributed by atoms with E-state index in [0.29, 0.717) is 5.75 Å². The zero-order valence-corrected chi connectivity index (χ0v) is 18.0. The second kappa shape index (κ2) is 7.30. The van der Waals surface area contributed by atoms with Gasteiger partial charge in [-0.3, -0.25) is 4.72 Å². The van der Waals surface area contributed by atoms with Crippen LogP contribution in [0.3, 0.4) is 0 Å². The quantitative estimate of drug-likeness (QED) is 0.470. The van der Waals surface area contributed by atoms with Crippen LogP contribution in [0.1, 0.15) is 0 Å². The lowest BCUT2D eigenvalue weighted by Gasteiger charge is -2.14. The molecule has 0 saturated heterocycles. The third-order valence-electron chi connectivity index (χ3n) is 4.99. The van der Waals surface area contributed by atoms with Crippen LogP contribution in [0.4, 0.5) is 5.69 Å². The van der Waals surface area contributed by atoms with Gasteiger partial charge in [-0.25, -0.2) is 8.42 Å². The molecular formula is C21H19ClN2O5S. The number of phenolic OH excluding ortho intramolecular Hbond substituents is 1. The molecule has 4 rings (SSSR count). The van der Waals surface area contributed by atoms with Gasteiger partial charge < -0.3 is 19.1 Å². The number of hydrogen-bond donors (Lipinski definition) is 2. The molecule has 30 heavy (non-hydrogen) atoms. The van der Waals surface area contributed by atoms with Crippen LogP contribution in [-0.2, 0) is 17.1 Å². The van der Waals surface area contributed by atoms with Crippen molar-refractivity contribution in [3.8, 4) is 17.2 Å². The number of aromatic nitrogens is 1. The minimum Gasteiger partial charge on any atom is -0.508 e. The Labute approximate surface area is 178 Å². The molecule has 0 amide bonds. The maximum Gasteiger partial charge on any atom is 0.262 e. The van der Waals surface area contributed by atoms with Gasteiger partial charge in [-0.15, -0.1) is 0 Å². The van der Waals surface area contributed by atoms with Gasteiger partial charge in [0.25, 0.3) is 10.0 Å². The van der Waals surface area contributed by atoms with E-state index in [1.54, 1.807) is 30.3 Å². The molecule has 0 bridgehead atoms. The second-order valence-electron chi connectivity index (χ2n) is 6.73. The van der Waals surface area contributed by atoms with Gasteiger partial charge in [0.1, 0.15) is 17.2 Å². The Bertz CT molecular complexity index is 1400. The van der Waals surface area contributed by atoms with E-state index in [2.05, 4.69) is 4.72 Å². The number of methoxy groups -OCH3 is 2. The summed E-state index contributed by atoms with van der Waals surface area (Å²) in [5, 5.41) is 11.6. The fraction of sp³-hybridized carbons (Fsp3) is 0.143. The number of benzene rings is 3. The molecule has 2 N–H and O–H groups in total. The van der Waals surface area contributed by atoms with Gasteiger partial charge in [-0.05, 0) is 36.4 Å². The van der Waals surface area contributed by atoms with E-state index < -0.39 is 10.0 Å². The largest absolute Gasteiger partial charge is 0.508 e. The minimum atomic E-state index is -3.93. The SMILES string of the molecule is COc1cc(OC)c(NS(=O)(=O)c2ccc3c(c2)c2ccc(O)cc2n3C)cc1Cl. The summed E-state index contributed by atoms with van der Waals surface area (Å²) in [5.74, 6) is 0.796. The van der Waals surface area contributed by atoms with E-state index >= 15 is 0 Å². The topological polar surface area (TPSA) is 89.8 Å². The number of nitrogens with one attached hydrogen (secondary N) is 1. The molecule has 9 heteroatoms. The maximum atomic E-state index is 13.1. The fourth-order valence-electron chi connectivity index (χ4n) is 3.49. The molecule has 0 aliphatic carbocycles. The van der Waals surface area contributed by atoms with Gasteiger partial charge in [0, 0.05) is 35.5 Å². The summed E-state index contributed by atoms with van der Waals surface area (Å²) in [6.07, 6.45) is 0. The molecule has 0 unspecified atom stereocenters. The standard InChI is InChI=1S/C21H19ClN2O5S/c1-24-18-7-5-13(9-15(18)14-6-4-12(25)8-19(14)24)30(26,27)23-17-10-16(22)20(28-2)11-21(17)29-3/h4-11,23,25H,1-3H3. The highest BCUT2D eigenvalue weighted by Gasteiger charge is 2.20. The third kappa shape index (κ3) is 3.28. The monoisotopic (exact) mass is 446 g/mol. The van der Waals surface area contributed by atoms with Crippen LogP contribution >= 0.6 is 11.6 Å². The molecule has 156 valence electrons. The average Bonchev–Trinajstić information content (AvgIpc) is 2.99. The molecule has 0 aliphatic rings. The van der Waals surface area contributed by atoms with Crippen LogP contribution in [0.2, 0.25) is 5.02 Å². The van der Waals surface area contributed by atoms with Crippen molar-refractivity contribution in [3.63, 3.8) is 0 Å². The highest BCUT2D eigenvalue weighted by Crippen LogP contribution is 2.37. The van der Waals surface area contributed by atoms with Crippen molar-refractivity contribution in [2.75, 3.05) is 18.9 Å². The van der Waals surface area contributed by atoms with E-state index in [9.17, 15) is 13.5 Å². The minimum absolute atomic E-state index is 0.0876. The van der Waals surface area contributed by atoms with Crippen LogP contribution in [0.25, 0.3) is 21.8 Å². The number of rotatable bonds is 5. The number of sulfonamides is 1. The van der Waals surface area contributed by atoms with Gasteiger partial charge in [0.15, 0.2) is 0 Å². The Morgan fingerprint density at radius 3 is 2.37 bits per heavy atom. The van der Waals surface area contributed by atoms with Crippen LogP contribution in [0.15, 0.2) is 53.4 Å². The predicted octanol–water partition coefficient (Wildman–Crippen LogP) is 4.51. The molecule has 0 spiro atoms. The number of aryl methyl sites for hydroxylation is 1. The van der Waals surface area contributed by atoms with Crippen LogP contribution in [0.5, 0.6) is 17.2 Å². The third-order valence-corrected chi connectivity index (χ3v) is 6.65. The van der Waals surface area contributed by atoms with Crippen molar-refractivity contribution in [2.24, 2.45) is 7.05 Å². The van der Waals surface area contributed by atoms with Gasteiger partial charge in [-0.2, -0.15) is 0 Å². The Morgan fingerprint density at radius 1 is 0.933 bits per heavy atom. The lowest BCUT2D eigenvalue weighted by Crippen LogP contribution is -2.13. The Balaban J connectivity index is 1.82. The number of phenols is 1. The zero-order chi connectivity index (χ0) is 21.6. The van der Waals surface area contributed by atoms with E-state index in [1.807, 2.05) is 11.6 Å². The molecule has 7 nitrogen and oxygen atoms in total. The summed E-state index contributed by atoms with van der Waals surface area (Å²) in [7, 11) is 0.823. The summed E-state index contributed by atoms with van der Waals surface area (Å²) in [4.78, 5) is 0.0876. The first-order valence-electron chi connectivity index (χ1n) is 8.90. The number of nitrogens with zero attached hydrogens (tertiary/aromatic N) is 1. The smallest absolute Gasteiger partial charge is 0.262 e. The van der Waals surface area contributed by atoms with Crippen molar-refractivity contribution in [1.82, 2.24) is 4.57 Å². The summed E-state index contributed by atoms with van der Waals surface area (Å²) in [6.45, 7) is 0. The molecule has 3 aromatic carbocycles. The first-order chi connectivity index (χ1) is 14.2. The average molecular weight is 447 g/mol. The Kier molecular flexibility index (Phi) is 4.91. The van der Waals surface area contributed by atoms with Crippen LogP contribution < -0.4 is 14.2 Å². The predicted molar refractivity (Wildman–Crippen MR) is 117 cm³/mol. The van der Waals surface area contributed by atoms with Crippen LogP contribution in [-0.4, -0.2) is 32.3 Å². The molecular weight excluding hydrogens is 428 g/mol. The van der Waals surface area contributed by atoms with E-state index in [4.69, 9.17) is 21.1 Å². The zero-order valence-electron chi connectivity index (χ0n) is 16.4. The summed E-state index contributed by atoms with van der Waals surface area (Å²) < 4.78 is 41.0. The fourth-order valence-corrected chi connectivity index (χ4v) is 4.82. The number of anilines is 1. The number of hydrogen-bond acceptors (Lipinski definition) is 5. The van der Waals surface area contributed by atoms with E-state index in [0.717, 1.165) is 21.8 Å². The van der Waals surface area contributed by atoms with Gasteiger partial charge >= 0.3 is 0 Å². The molecule has 1 aromatic heterocycles. The summed E-state index contributed by atoms with van der Waals surface area (Å²) in [5.41, 5.74) is 1.85. The first kappa shape index (κ1) is 20.2. The molecule has 0 saturated carbocycles. The normalized spacial score (nSPS) is 11.7. The Hall–Kier alpha value is -3.10. The highest BCUT2D eigenvalue weighted by atomic mass is 35.5. The van der Waals surface area contributed by atoms with Crippen molar-refractivity contribution in [1.29, 1.82) is 0 Å². The molecule has 0 aliphatic heterocycles. The summed E-state index contributed by atoms with van der Waals surface area (Å²) in [6, 6.07) is 12.8. The maximum absolute atomic E-state index is 13.1. The van der Waals surface area contributed by atoms with Gasteiger partial charge in [0.2, 0.25) is 0 Å². The highest BCUT2D eigenvalue weighted by molar-refractivity contribution is 7.92. The van der Waals surface area contributed by atoms with Crippen LogP contribution in [0, 0.1) is 0 Å².